The van der Waals surface area contributed by atoms with E-state index in [1.165, 1.54) is 5.56 Å². The fraction of sp³-hybridized carbons (Fsp3) is 0.684. The number of benzene rings is 1. The Morgan fingerprint density at radius 3 is 1.76 bits per heavy atom. The highest BCUT2D eigenvalue weighted by molar-refractivity contribution is 5.14. The molecule has 0 unspecified atom stereocenters. The van der Waals surface area contributed by atoms with Gasteiger partial charge in [0.1, 0.15) is 0 Å². The second-order valence-corrected chi connectivity index (χ2v) is 7.74. The van der Waals surface area contributed by atoms with Crippen LogP contribution in [0.2, 0.25) is 0 Å². The van der Waals surface area contributed by atoms with E-state index in [0.29, 0.717) is 6.61 Å². The van der Waals surface area contributed by atoms with Crippen molar-refractivity contribution in [2.75, 3.05) is 6.61 Å². The minimum absolute atomic E-state index is 0.216. The average Bonchev–Trinajstić information content (AvgIpc) is 2.51. The zero-order valence-corrected chi connectivity index (χ0v) is 16.5. The minimum Gasteiger partial charge on any atom is -0.236 e. The zero-order valence-electron chi connectivity index (χ0n) is 16.5. The van der Waals surface area contributed by atoms with Crippen molar-refractivity contribution >= 4 is 0 Å². The van der Waals surface area contributed by atoms with Crippen LogP contribution in [0.15, 0.2) is 30.3 Å². The van der Waals surface area contributed by atoms with Crippen molar-refractivity contribution in [3.8, 4) is 0 Å². The summed E-state index contributed by atoms with van der Waals surface area (Å²) in [6.07, 6.45) is 2.02. The molecule has 0 aromatic heterocycles. The van der Waals surface area contributed by atoms with Crippen LogP contribution in [-0.2, 0) is 35.7 Å². The standard InChI is InChI=1S/C13H20O2.C6H12O4/c1-13(2,3)15-14-11-7-10-12-8-5-4-6-9-12;1-5(2)7-9-6(3,4)10-8-5/h4-6,8-9H,7,10-11H2,1-3H3;1-4H3. The molecule has 1 aromatic rings. The Kier molecular flexibility index (Phi) is 8.47. The lowest BCUT2D eigenvalue weighted by Gasteiger charge is -2.35. The molecule has 6 heteroatoms. The van der Waals surface area contributed by atoms with Crippen molar-refractivity contribution in [1.29, 1.82) is 0 Å². The zero-order chi connectivity index (χ0) is 19.0. The Labute approximate surface area is 151 Å². The van der Waals surface area contributed by atoms with E-state index in [1.54, 1.807) is 27.7 Å². The summed E-state index contributed by atoms with van der Waals surface area (Å²) in [6, 6.07) is 10.4. The molecule has 1 saturated heterocycles. The number of hydrogen-bond donors (Lipinski definition) is 0. The maximum absolute atomic E-state index is 5.17. The van der Waals surface area contributed by atoms with Gasteiger partial charge in [-0.1, -0.05) is 30.3 Å². The summed E-state index contributed by atoms with van der Waals surface area (Å²) < 4.78 is 0. The van der Waals surface area contributed by atoms with E-state index in [1.807, 2.05) is 26.8 Å². The van der Waals surface area contributed by atoms with Crippen molar-refractivity contribution in [1.82, 2.24) is 0 Å². The summed E-state index contributed by atoms with van der Waals surface area (Å²) >= 11 is 0. The molecule has 0 aliphatic carbocycles. The van der Waals surface area contributed by atoms with Gasteiger partial charge in [0.15, 0.2) is 0 Å². The monoisotopic (exact) mass is 356 g/mol. The third kappa shape index (κ3) is 11.3. The number of rotatable bonds is 5. The first-order chi connectivity index (χ1) is 11.5. The van der Waals surface area contributed by atoms with Gasteiger partial charge < -0.3 is 0 Å². The Morgan fingerprint density at radius 2 is 1.32 bits per heavy atom. The van der Waals surface area contributed by atoms with Crippen LogP contribution in [0.3, 0.4) is 0 Å². The lowest BCUT2D eigenvalue weighted by Crippen LogP contribution is -2.44. The van der Waals surface area contributed by atoms with Crippen molar-refractivity contribution in [2.24, 2.45) is 0 Å². The molecule has 1 fully saturated rings. The van der Waals surface area contributed by atoms with E-state index in [-0.39, 0.29) is 5.60 Å². The van der Waals surface area contributed by atoms with Gasteiger partial charge in [-0.15, -0.1) is 0 Å². The maximum Gasteiger partial charge on any atom is 0.228 e. The summed E-state index contributed by atoms with van der Waals surface area (Å²) in [5, 5.41) is 0. The lowest BCUT2D eigenvalue weighted by atomic mass is 10.1. The van der Waals surface area contributed by atoms with Crippen LogP contribution >= 0.6 is 0 Å². The van der Waals surface area contributed by atoms with E-state index in [2.05, 4.69) is 24.3 Å². The highest BCUT2D eigenvalue weighted by Gasteiger charge is 2.37. The van der Waals surface area contributed by atoms with Gasteiger partial charge in [0.2, 0.25) is 11.6 Å². The third-order valence-electron chi connectivity index (χ3n) is 2.73. The predicted octanol–water partition coefficient (Wildman–Crippen LogP) is 4.73. The second kappa shape index (κ2) is 9.62. The highest BCUT2D eigenvalue weighted by atomic mass is 17.4. The highest BCUT2D eigenvalue weighted by Crippen LogP contribution is 2.26. The topological polar surface area (TPSA) is 55.4 Å². The van der Waals surface area contributed by atoms with Crippen molar-refractivity contribution < 1.29 is 29.3 Å². The van der Waals surface area contributed by atoms with Crippen LogP contribution in [0.25, 0.3) is 0 Å². The van der Waals surface area contributed by atoms with Crippen LogP contribution in [-0.4, -0.2) is 23.8 Å². The molecule has 6 nitrogen and oxygen atoms in total. The van der Waals surface area contributed by atoms with E-state index in [9.17, 15) is 0 Å². The average molecular weight is 356 g/mol. The summed E-state index contributed by atoms with van der Waals surface area (Å²) in [7, 11) is 0. The fourth-order valence-electron chi connectivity index (χ4n) is 1.63. The molecule has 0 atom stereocenters. The van der Waals surface area contributed by atoms with Gasteiger partial charge in [-0.3, -0.25) is 0 Å². The molecule has 1 aliphatic rings. The van der Waals surface area contributed by atoms with Crippen molar-refractivity contribution in [3.05, 3.63) is 35.9 Å². The smallest absolute Gasteiger partial charge is 0.228 e. The van der Waals surface area contributed by atoms with Gasteiger partial charge in [-0.05, 0) is 66.9 Å². The Bertz CT molecular complexity index is 450. The van der Waals surface area contributed by atoms with Gasteiger partial charge in [-0.25, -0.2) is 9.78 Å². The van der Waals surface area contributed by atoms with Crippen LogP contribution in [0.4, 0.5) is 0 Å². The molecule has 2 rings (SSSR count). The summed E-state index contributed by atoms with van der Waals surface area (Å²) in [4.78, 5) is 29.6. The van der Waals surface area contributed by atoms with Crippen molar-refractivity contribution in [2.45, 2.75) is 78.5 Å². The first kappa shape index (κ1) is 22.0. The first-order valence-electron chi connectivity index (χ1n) is 8.57. The molecule has 1 heterocycles. The van der Waals surface area contributed by atoms with Crippen LogP contribution in [0.5, 0.6) is 0 Å². The van der Waals surface area contributed by atoms with E-state index in [0.717, 1.165) is 12.8 Å². The molecule has 1 aromatic carbocycles. The van der Waals surface area contributed by atoms with Crippen LogP contribution < -0.4 is 0 Å². The fourth-order valence-corrected chi connectivity index (χ4v) is 1.63. The van der Waals surface area contributed by atoms with Crippen LogP contribution in [0.1, 0.15) is 60.5 Å². The van der Waals surface area contributed by atoms with E-state index < -0.39 is 11.6 Å². The lowest BCUT2D eigenvalue weighted by molar-refractivity contribution is -0.644. The van der Waals surface area contributed by atoms with Crippen molar-refractivity contribution in [3.63, 3.8) is 0 Å². The molecule has 0 radical (unpaired) electrons. The van der Waals surface area contributed by atoms with Crippen LogP contribution in [0, 0.1) is 0 Å². The molecule has 0 bridgehead atoms. The molecular weight excluding hydrogens is 324 g/mol. The molecular formula is C19H32O6. The Hall–Kier alpha value is -1.02. The normalized spacial score (nSPS) is 19.0. The van der Waals surface area contributed by atoms with Gasteiger partial charge in [0, 0.05) is 0 Å². The SMILES string of the molecule is CC(C)(C)OOCCCc1ccccc1.CC1(C)OOC(C)(C)OO1. The minimum atomic E-state index is -0.810. The largest absolute Gasteiger partial charge is 0.236 e. The Morgan fingerprint density at radius 1 is 0.840 bits per heavy atom. The van der Waals surface area contributed by atoms with E-state index >= 15 is 0 Å². The van der Waals surface area contributed by atoms with E-state index in [4.69, 9.17) is 29.3 Å². The van der Waals surface area contributed by atoms with Gasteiger partial charge in [0.05, 0.1) is 12.2 Å². The quantitative estimate of drug-likeness (QED) is 0.432. The summed E-state index contributed by atoms with van der Waals surface area (Å²) in [5.41, 5.74) is 1.13. The maximum atomic E-state index is 5.17. The first-order valence-corrected chi connectivity index (χ1v) is 8.57. The predicted molar refractivity (Wildman–Crippen MR) is 94.1 cm³/mol. The molecule has 0 amide bonds. The molecule has 144 valence electrons. The molecule has 0 saturated carbocycles. The van der Waals surface area contributed by atoms with Gasteiger partial charge >= 0.3 is 0 Å². The van der Waals surface area contributed by atoms with Gasteiger partial charge in [0.25, 0.3) is 0 Å². The molecule has 1 aliphatic heterocycles. The molecule has 25 heavy (non-hydrogen) atoms. The number of hydrogen-bond acceptors (Lipinski definition) is 6. The summed E-state index contributed by atoms with van der Waals surface area (Å²) in [5.74, 6) is -1.62. The summed E-state index contributed by atoms with van der Waals surface area (Å²) in [6.45, 7) is 13.4. The second-order valence-electron chi connectivity index (χ2n) is 7.74. The molecule has 0 N–H and O–H groups in total. The molecule has 0 spiro atoms. The van der Waals surface area contributed by atoms with Gasteiger partial charge in [-0.2, -0.15) is 19.6 Å². The third-order valence-corrected chi connectivity index (χ3v) is 2.73. The number of aryl methyl sites for hydroxylation is 1. The Balaban J connectivity index is 0.000000271.